The monoisotopic (exact) mass is 325 g/mol. The predicted molar refractivity (Wildman–Crippen MR) is 82.0 cm³/mol. The van der Waals surface area contributed by atoms with Gasteiger partial charge in [0.25, 0.3) is 11.5 Å². The second-order valence-corrected chi connectivity index (χ2v) is 5.27. The number of amides is 1. The Balaban J connectivity index is 1.97. The predicted octanol–water partition coefficient (Wildman–Crippen LogP) is 2.29. The third-order valence-electron chi connectivity index (χ3n) is 2.89. The number of hydrogen-bond donors (Lipinski definition) is 1. The van der Waals surface area contributed by atoms with Gasteiger partial charge in [-0.2, -0.15) is 0 Å². The van der Waals surface area contributed by atoms with Gasteiger partial charge in [0.15, 0.2) is 0 Å². The maximum Gasteiger partial charge on any atom is 0.256 e. The van der Waals surface area contributed by atoms with Gasteiger partial charge >= 0.3 is 0 Å². The molecule has 1 N–H and O–H groups in total. The maximum absolute atomic E-state index is 11.9. The second kappa shape index (κ2) is 6.74. The van der Waals surface area contributed by atoms with Gasteiger partial charge < -0.3 is 5.32 Å². The van der Waals surface area contributed by atoms with Crippen molar-refractivity contribution >= 4 is 29.1 Å². The molecule has 0 atom stereocenters. The Morgan fingerprint density at radius 3 is 2.81 bits per heavy atom. The zero-order chi connectivity index (χ0) is 15.4. The maximum atomic E-state index is 11.9. The third-order valence-corrected chi connectivity index (χ3v) is 3.63. The lowest BCUT2D eigenvalue weighted by Gasteiger charge is -2.08. The molecule has 0 saturated carbocycles. The molecule has 2 rings (SSSR count). The SMILES string of the molecule is Cc1cncn(CCNC(=O)c2ccc(Cl)c(Cl)c2)c1=O. The first kappa shape index (κ1) is 15.5. The Morgan fingerprint density at radius 2 is 2.10 bits per heavy atom. The van der Waals surface area contributed by atoms with Gasteiger partial charge in [-0.15, -0.1) is 0 Å². The van der Waals surface area contributed by atoms with Crippen LogP contribution >= 0.6 is 23.2 Å². The lowest BCUT2D eigenvalue weighted by molar-refractivity contribution is 0.0952. The molecule has 0 aliphatic carbocycles. The highest BCUT2D eigenvalue weighted by atomic mass is 35.5. The van der Waals surface area contributed by atoms with E-state index in [0.29, 0.717) is 34.3 Å². The van der Waals surface area contributed by atoms with E-state index in [9.17, 15) is 9.59 Å². The molecule has 0 saturated heterocycles. The molecule has 1 amide bonds. The van der Waals surface area contributed by atoms with Crippen molar-refractivity contribution in [2.24, 2.45) is 0 Å². The lowest BCUT2D eigenvalue weighted by atomic mass is 10.2. The summed E-state index contributed by atoms with van der Waals surface area (Å²) in [6, 6.07) is 4.65. The van der Waals surface area contributed by atoms with Crippen LogP contribution in [0.5, 0.6) is 0 Å². The van der Waals surface area contributed by atoms with Crippen molar-refractivity contribution < 1.29 is 4.79 Å². The fraction of sp³-hybridized carbons (Fsp3) is 0.214. The molecular weight excluding hydrogens is 313 g/mol. The molecule has 0 radical (unpaired) electrons. The number of nitrogens with zero attached hydrogens (tertiary/aromatic N) is 2. The molecule has 110 valence electrons. The van der Waals surface area contributed by atoms with Crippen molar-refractivity contribution in [2.45, 2.75) is 13.5 Å². The number of aromatic nitrogens is 2. The molecule has 0 spiro atoms. The first-order chi connectivity index (χ1) is 9.99. The molecule has 0 unspecified atom stereocenters. The van der Waals surface area contributed by atoms with E-state index in [2.05, 4.69) is 10.3 Å². The van der Waals surface area contributed by atoms with Crippen LogP contribution in [0.25, 0.3) is 0 Å². The molecule has 7 heteroatoms. The van der Waals surface area contributed by atoms with Crippen molar-refractivity contribution in [3.8, 4) is 0 Å². The topological polar surface area (TPSA) is 64.0 Å². The van der Waals surface area contributed by atoms with E-state index in [-0.39, 0.29) is 11.5 Å². The average molecular weight is 326 g/mol. The van der Waals surface area contributed by atoms with E-state index in [4.69, 9.17) is 23.2 Å². The largest absolute Gasteiger partial charge is 0.350 e. The van der Waals surface area contributed by atoms with E-state index in [1.54, 1.807) is 19.1 Å². The number of carbonyl (C=O) groups is 1. The summed E-state index contributed by atoms with van der Waals surface area (Å²) >= 11 is 11.7. The number of aryl methyl sites for hydroxylation is 1. The van der Waals surface area contributed by atoms with Crippen LogP contribution in [-0.2, 0) is 6.54 Å². The summed E-state index contributed by atoms with van der Waals surface area (Å²) < 4.78 is 1.45. The Labute approximate surface area is 131 Å². The van der Waals surface area contributed by atoms with Gasteiger partial charge in [-0.25, -0.2) is 4.98 Å². The highest BCUT2D eigenvalue weighted by molar-refractivity contribution is 6.42. The second-order valence-electron chi connectivity index (χ2n) is 4.46. The summed E-state index contributed by atoms with van der Waals surface area (Å²) in [4.78, 5) is 27.6. The summed E-state index contributed by atoms with van der Waals surface area (Å²) in [5, 5.41) is 3.43. The molecule has 1 aromatic heterocycles. The van der Waals surface area contributed by atoms with Gasteiger partial charge in [0.05, 0.1) is 16.4 Å². The molecule has 21 heavy (non-hydrogen) atoms. The van der Waals surface area contributed by atoms with Gasteiger partial charge in [-0.05, 0) is 25.1 Å². The van der Waals surface area contributed by atoms with Gasteiger partial charge in [-0.3, -0.25) is 14.2 Å². The first-order valence-electron chi connectivity index (χ1n) is 6.23. The third kappa shape index (κ3) is 3.83. The average Bonchev–Trinajstić information content (AvgIpc) is 2.46. The normalized spacial score (nSPS) is 10.4. The molecule has 0 bridgehead atoms. The standard InChI is InChI=1S/C14H13Cl2N3O2/c1-9-7-17-8-19(14(9)21)5-4-18-13(20)10-2-3-11(15)12(16)6-10/h2-3,6-8H,4-5H2,1H3,(H,18,20). The van der Waals surface area contributed by atoms with Crippen LogP contribution in [0.3, 0.4) is 0 Å². The number of nitrogens with one attached hydrogen (secondary N) is 1. The molecule has 0 aliphatic heterocycles. The van der Waals surface area contributed by atoms with Crippen LogP contribution < -0.4 is 10.9 Å². The zero-order valence-electron chi connectivity index (χ0n) is 11.3. The van der Waals surface area contributed by atoms with Crippen molar-refractivity contribution in [3.63, 3.8) is 0 Å². The molecule has 1 heterocycles. The highest BCUT2D eigenvalue weighted by Gasteiger charge is 2.08. The number of hydrogen-bond acceptors (Lipinski definition) is 3. The van der Waals surface area contributed by atoms with E-state index in [1.165, 1.54) is 23.2 Å². The Hall–Kier alpha value is -1.85. The Bertz CT molecular complexity index is 728. The van der Waals surface area contributed by atoms with Gasteiger partial charge in [0, 0.05) is 30.4 Å². The van der Waals surface area contributed by atoms with Crippen molar-refractivity contribution in [2.75, 3.05) is 6.54 Å². The molecule has 2 aromatic rings. The quantitative estimate of drug-likeness (QED) is 0.938. The van der Waals surface area contributed by atoms with E-state index >= 15 is 0 Å². The van der Waals surface area contributed by atoms with Crippen LogP contribution in [0.2, 0.25) is 10.0 Å². The van der Waals surface area contributed by atoms with E-state index in [0.717, 1.165) is 0 Å². The fourth-order valence-electron chi connectivity index (χ4n) is 1.75. The van der Waals surface area contributed by atoms with Gasteiger partial charge in [-0.1, -0.05) is 23.2 Å². The van der Waals surface area contributed by atoms with E-state index in [1.807, 2.05) is 0 Å². The lowest BCUT2D eigenvalue weighted by Crippen LogP contribution is -2.31. The summed E-state index contributed by atoms with van der Waals surface area (Å²) in [6.07, 6.45) is 2.95. The highest BCUT2D eigenvalue weighted by Crippen LogP contribution is 2.22. The zero-order valence-corrected chi connectivity index (χ0v) is 12.8. The van der Waals surface area contributed by atoms with Crippen LogP contribution in [0.4, 0.5) is 0 Å². The minimum atomic E-state index is -0.276. The Kier molecular flexibility index (Phi) is 4.98. The summed E-state index contributed by atoms with van der Waals surface area (Å²) in [5.41, 5.74) is 0.862. The summed E-state index contributed by atoms with van der Waals surface area (Å²) in [7, 11) is 0. The van der Waals surface area contributed by atoms with Gasteiger partial charge in [0.2, 0.25) is 0 Å². The molecule has 5 nitrogen and oxygen atoms in total. The van der Waals surface area contributed by atoms with E-state index < -0.39 is 0 Å². The fourth-order valence-corrected chi connectivity index (χ4v) is 2.05. The summed E-state index contributed by atoms with van der Waals surface area (Å²) in [5.74, 6) is -0.276. The first-order valence-corrected chi connectivity index (χ1v) is 6.99. The molecule has 0 aliphatic rings. The molecule has 0 fully saturated rings. The minimum absolute atomic E-state index is 0.117. The van der Waals surface area contributed by atoms with Gasteiger partial charge in [0.1, 0.15) is 0 Å². The summed E-state index contributed by atoms with van der Waals surface area (Å²) in [6.45, 7) is 2.35. The number of benzene rings is 1. The smallest absolute Gasteiger partial charge is 0.256 e. The van der Waals surface area contributed by atoms with Crippen LogP contribution in [0.15, 0.2) is 35.5 Å². The number of rotatable bonds is 4. The van der Waals surface area contributed by atoms with Crippen molar-refractivity contribution in [1.29, 1.82) is 0 Å². The van der Waals surface area contributed by atoms with Crippen LogP contribution in [0, 0.1) is 6.92 Å². The molecular formula is C14H13Cl2N3O2. The van der Waals surface area contributed by atoms with Crippen molar-refractivity contribution in [1.82, 2.24) is 14.9 Å². The van der Waals surface area contributed by atoms with Crippen LogP contribution in [-0.4, -0.2) is 22.0 Å². The molecule has 1 aromatic carbocycles. The van der Waals surface area contributed by atoms with Crippen LogP contribution in [0.1, 0.15) is 15.9 Å². The Morgan fingerprint density at radius 1 is 1.33 bits per heavy atom. The number of halogens is 2. The minimum Gasteiger partial charge on any atom is -0.350 e. The number of carbonyl (C=O) groups excluding carboxylic acids is 1. The van der Waals surface area contributed by atoms with Crippen molar-refractivity contribution in [3.05, 3.63) is 62.2 Å².